The molecular weight excluding hydrogens is 346 g/mol. The Kier molecular flexibility index (Phi) is 4.85. The highest BCUT2D eigenvalue weighted by atomic mass is 16.4. The second kappa shape index (κ2) is 7.11. The first-order valence-corrected chi connectivity index (χ1v) is 8.54. The number of para-hydroxylation sites is 1. The predicted molar refractivity (Wildman–Crippen MR) is 103 cm³/mol. The van der Waals surface area contributed by atoms with Crippen LogP contribution in [0.1, 0.15) is 31.1 Å². The van der Waals surface area contributed by atoms with Crippen molar-refractivity contribution in [3.8, 4) is 0 Å². The van der Waals surface area contributed by atoms with Gasteiger partial charge in [-0.05, 0) is 51.1 Å². The molecule has 7 heteroatoms. The summed E-state index contributed by atoms with van der Waals surface area (Å²) >= 11 is 0. The monoisotopic (exact) mass is 367 g/mol. The molecule has 0 aliphatic carbocycles. The number of amides is 2. The first kappa shape index (κ1) is 18.4. The minimum Gasteiger partial charge on any atom is -0.408 e. The Balaban J connectivity index is 1.89. The van der Waals surface area contributed by atoms with Gasteiger partial charge in [0.25, 0.3) is 5.91 Å². The van der Waals surface area contributed by atoms with E-state index in [1.165, 1.54) is 4.57 Å². The van der Waals surface area contributed by atoms with Gasteiger partial charge in [0.1, 0.15) is 6.54 Å². The summed E-state index contributed by atoms with van der Waals surface area (Å²) < 4.78 is 6.40. The van der Waals surface area contributed by atoms with Gasteiger partial charge in [0, 0.05) is 16.8 Å². The SMILES string of the molecule is CC(C)(C)NC(=O)Cn1c(=O)oc2ccc(C(=O)Nc3ccccc3)cc21. The number of fused-ring (bicyclic) bond motifs is 1. The van der Waals surface area contributed by atoms with E-state index in [-0.39, 0.29) is 18.4 Å². The van der Waals surface area contributed by atoms with Crippen LogP contribution in [0, 0.1) is 0 Å². The second-order valence-corrected chi connectivity index (χ2v) is 7.25. The van der Waals surface area contributed by atoms with Crippen LogP contribution < -0.4 is 16.4 Å². The molecule has 2 aromatic carbocycles. The number of benzene rings is 2. The molecule has 2 N–H and O–H groups in total. The van der Waals surface area contributed by atoms with Crippen molar-refractivity contribution in [2.45, 2.75) is 32.9 Å². The zero-order valence-corrected chi connectivity index (χ0v) is 15.4. The number of hydrogen-bond donors (Lipinski definition) is 2. The molecule has 0 aliphatic heterocycles. The van der Waals surface area contributed by atoms with Crippen LogP contribution in [0.25, 0.3) is 11.1 Å². The Bertz CT molecular complexity index is 1040. The lowest BCUT2D eigenvalue weighted by molar-refractivity contribution is -0.123. The zero-order valence-electron chi connectivity index (χ0n) is 15.4. The molecule has 0 saturated heterocycles. The van der Waals surface area contributed by atoms with E-state index in [2.05, 4.69) is 10.6 Å². The van der Waals surface area contributed by atoms with E-state index < -0.39 is 11.3 Å². The smallest absolute Gasteiger partial charge is 0.408 e. The van der Waals surface area contributed by atoms with Gasteiger partial charge in [-0.3, -0.25) is 14.2 Å². The summed E-state index contributed by atoms with van der Waals surface area (Å²) in [6, 6.07) is 13.7. The maximum absolute atomic E-state index is 12.5. The first-order chi connectivity index (χ1) is 12.7. The average molecular weight is 367 g/mol. The van der Waals surface area contributed by atoms with Crippen molar-refractivity contribution in [1.82, 2.24) is 9.88 Å². The highest BCUT2D eigenvalue weighted by molar-refractivity contribution is 6.05. The Hall–Kier alpha value is -3.35. The van der Waals surface area contributed by atoms with Gasteiger partial charge in [-0.2, -0.15) is 0 Å². The molecular formula is C20H21N3O4. The molecule has 7 nitrogen and oxygen atoms in total. The molecule has 1 heterocycles. The van der Waals surface area contributed by atoms with Crippen molar-refractivity contribution in [3.05, 3.63) is 64.6 Å². The summed E-state index contributed by atoms with van der Waals surface area (Å²) in [5.74, 6) is -1.27. The lowest BCUT2D eigenvalue weighted by Crippen LogP contribution is -2.43. The van der Waals surface area contributed by atoms with E-state index in [9.17, 15) is 14.4 Å². The highest BCUT2D eigenvalue weighted by Crippen LogP contribution is 2.17. The molecule has 0 bridgehead atoms. The number of hydrogen-bond acceptors (Lipinski definition) is 4. The summed E-state index contributed by atoms with van der Waals surface area (Å²) in [5, 5.41) is 5.58. The van der Waals surface area contributed by atoms with Gasteiger partial charge in [0.2, 0.25) is 5.91 Å². The molecule has 2 amide bonds. The molecule has 0 atom stereocenters. The van der Waals surface area contributed by atoms with Crippen molar-refractivity contribution in [2.75, 3.05) is 5.32 Å². The molecule has 1 aromatic heterocycles. The van der Waals surface area contributed by atoms with E-state index in [1.54, 1.807) is 30.3 Å². The van der Waals surface area contributed by atoms with E-state index in [1.807, 2.05) is 39.0 Å². The molecule has 27 heavy (non-hydrogen) atoms. The number of carbonyl (C=O) groups excluding carboxylic acids is 2. The van der Waals surface area contributed by atoms with E-state index in [4.69, 9.17) is 4.42 Å². The van der Waals surface area contributed by atoms with Crippen LogP contribution in [0.4, 0.5) is 5.69 Å². The topological polar surface area (TPSA) is 93.3 Å². The maximum Gasteiger partial charge on any atom is 0.420 e. The molecule has 0 radical (unpaired) electrons. The highest BCUT2D eigenvalue weighted by Gasteiger charge is 2.18. The van der Waals surface area contributed by atoms with Crippen LogP contribution in [0.15, 0.2) is 57.7 Å². The Labute approximate surface area is 156 Å². The number of carbonyl (C=O) groups is 2. The van der Waals surface area contributed by atoms with Crippen LogP contribution in [0.3, 0.4) is 0 Å². The molecule has 3 rings (SSSR count). The third-order valence-corrected chi connectivity index (χ3v) is 3.78. The average Bonchev–Trinajstić information content (AvgIpc) is 2.89. The van der Waals surface area contributed by atoms with Crippen LogP contribution in [-0.2, 0) is 11.3 Å². The molecule has 0 spiro atoms. The minimum atomic E-state index is -0.644. The van der Waals surface area contributed by atoms with Crippen LogP contribution in [0.5, 0.6) is 0 Å². The summed E-state index contributed by atoms with van der Waals surface area (Å²) in [6.45, 7) is 5.38. The van der Waals surface area contributed by atoms with Gasteiger partial charge in [-0.15, -0.1) is 0 Å². The van der Waals surface area contributed by atoms with Crippen molar-refractivity contribution in [3.63, 3.8) is 0 Å². The van der Waals surface area contributed by atoms with Crippen LogP contribution in [-0.4, -0.2) is 21.9 Å². The van der Waals surface area contributed by atoms with Gasteiger partial charge in [-0.1, -0.05) is 18.2 Å². The summed E-state index contributed by atoms with van der Waals surface area (Å²) in [6.07, 6.45) is 0. The quantitative estimate of drug-likeness (QED) is 0.741. The van der Waals surface area contributed by atoms with Crippen LogP contribution >= 0.6 is 0 Å². The maximum atomic E-state index is 12.5. The fourth-order valence-corrected chi connectivity index (χ4v) is 2.68. The molecule has 0 saturated carbocycles. The second-order valence-electron chi connectivity index (χ2n) is 7.25. The minimum absolute atomic E-state index is 0.188. The standard InChI is InChI=1S/C20H21N3O4/c1-20(2,3)22-17(24)12-23-15-11-13(9-10-16(15)27-19(23)26)18(25)21-14-7-5-4-6-8-14/h4-11H,12H2,1-3H3,(H,21,25)(H,22,24). The molecule has 0 unspecified atom stereocenters. The number of nitrogens with zero attached hydrogens (tertiary/aromatic N) is 1. The van der Waals surface area contributed by atoms with E-state index in [0.29, 0.717) is 22.4 Å². The largest absolute Gasteiger partial charge is 0.420 e. The lowest BCUT2D eigenvalue weighted by Gasteiger charge is -2.20. The summed E-state index contributed by atoms with van der Waals surface area (Å²) in [5.41, 5.74) is 1.32. The summed E-state index contributed by atoms with van der Waals surface area (Å²) in [4.78, 5) is 36.8. The van der Waals surface area contributed by atoms with Gasteiger partial charge >= 0.3 is 5.76 Å². The van der Waals surface area contributed by atoms with Crippen molar-refractivity contribution >= 4 is 28.6 Å². The van der Waals surface area contributed by atoms with Gasteiger partial charge in [0.15, 0.2) is 5.58 Å². The van der Waals surface area contributed by atoms with Crippen molar-refractivity contribution < 1.29 is 14.0 Å². The normalized spacial score (nSPS) is 11.4. The van der Waals surface area contributed by atoms with Crippen molar-refractivity contribution in [2.24, 2.45) is 0 Å². The molecule has 0 aliphatic rings. The predicted octanol–water partition coefficient (Wildman–Crippen LogP) is 2.76. The Morgan fingerprint density at radius 2 is 1.78 bits per heavy atom. The summed E-state index contributed by atoms with van der Waals surface area (Å²) in [7, 11) is 0. The zero-order chi connectivity index (χ0) is 19.6. The molecule has 0 fully saturated rings. The Morgan fingerprint density at radius 1 is 1.07 bits per heavy atom. The number of rotatable bonds is 4. The van der Waals surface area contributed by atoms with Gasteiger partial charge < -0.3 is 15.1 Å². The van der Waals surface area contributed by atoms with Crippen molar-refractivity contribution in [1.29, 1.82) is 0 Å². The fraction of sp³-hybridized carbons (Fsp3) is 0.250. The first-order valence-electron chi connectivity index (χ1n) is 8.54. The van der Waals surface area contributed by atoms with Crippen LogP contribution in [0.2, 0.25) is 0 Å². The van der Waals surface area contributed by atoms with Gasteiger partial charge in [0.05, 0.1) is 5.52 Å². The van der Waals surface area contributed by atoms with Gasteiger partial charge in [-0.25, -0.2) is 4.79 Å². The number of oxazole rings is 1. The lowest BCUT2D eigenvalue weighted by atomic mass is 10.1. The fourth-order valence-electron chi connectivity index (χ4n) is 2.68. The molecule has 3 aromatic rings. The van der Waals surface area contributed by atoms with E-state index >= 15 is 0 Å². The number of aromatic nitrogens is 1. The van der Waals surface area contributed by atoms with E-state index in [0.717, 1.165) is 0 Å². The Morgan fingerprint density at radius 3 is 2.44 bits per heavy atom. The molecule has 140 valence electrons. The number of anilines is 1. The number of nitrogens with one attached hydrogen (secondary N) is 2. The third-order valence-electron chi connectivity index (χ3n) is 3.78. The third kappa shape index (κ3) is 4.44.